The molecular weight excluding hydrogens is 224 g/mol. The van der Waals surface area contributed by atoms with Crippen molar-refractivity contribution in [2.45, 2.75) is 63.0 Å². The molecule has 3 fully saturated rings. The van der Waals surface area contributed by atoms with Crippen LogP contribution in [0.5, 0.6) is 0 Å². The molecule has 1 atom stereocenters. The fourth-order valence-corrected chi connectivity index (χ4v) is 3.69. The third kappa shape index (κ3) is 3.46. The first kappa shape index (κ1) is 12.9. The van der Waals surface area contributed by atoms with Crippen LogP contribution in [-0.4, -0.2) is 47.8 Å². The third-order valence-corrected chi connectivity index (χ3v) is 4.93. The number of piperidine rings is 1. The van der Waals surface area contributed by atoms with E-state index in [1.807, 2.05) is 0 Å². The SMILES string of the molecule is OC1(CN2CCCC(CNC3CC3)C2)CCCC1. The molecule has 3 rings (SSSR count). The molecule has 1 heterocycles. The number of hydrogen-bond donors (Lipinski definition) is 2. The third-order valence-electron chi connectivity index (χ3n) is 4.93. The Balaban J connectivity index is 1.43. The Kier molecular flexibility index (Phi) is 3.92. The Labute approximate surface area is 111 Å². The van der Waals surface area contributed by atoms with Crippen molar-refractivity contribution in [3.8, 4) is 0 Å². The first-order chi connectivity index (χ1) is 8.73. The largest absolute Gasteiger partial charge is 0.389 e. The molecule has 104 valence electrons. The molecule has 3 aliphatic rings. The summed E-state index contributed by atoms with van der Waals surface area (Å²) in [5.41, 5.74) is -0.355. The van der Waals surface area contributed by atoms with E-state index in [2.05, 4.69) is 10.2 Å². The number of nitrogens with zero attached hydrogens (tertiary/aromatic N) is 1. The molecular formula is C15H28N2O. The predicted octanol–water partition coefficient (Wildman–Crippen LogP) is 1.76. The number of β-amino-alcohol motifs (C(OH)–C–C–N with tert-alkyl or cyclic N) is 1. The van der Waals surface area contributed by atoms with Gasteiger partial charge in [-0.1, -0.05) is 12.8 Å². The van der Waals surface area contributed by atoms with Gasteiger partial charge in [-0.25, -0.2) is 0 Å². The van der Waals surface area contributed by atoms with Gasteiger partial charge in [0.05, 0.1) is 5.60 Å². The molecule has 3 heteroatoms. The number of likely N-dealkylation sites (tertiary alicyclic amines) is 1. The minimum absolute atomic E-state index is 0.355. The smallest absolute Gasteiger partial charge is 0.0774 e. The highest BCUT2D eigenvalue weighted by molar-refractivity contribution is 4.89. The lowest BCUT2D eigenvalue weighted by molar-refractivity contribution is -0.00212. The molecule has 0 spiro atoms. The van der Waals surface area contributed by atoms with Crippen LogP contribution in [0.2, 0.25) is 0 Å². The summed E-state index contributed by atoms with van der Waals surface area (Å²) in [6.07, 6.45) is 9.94. The Morgan fingerprint density at radius 3 is 2.61 bits per heavy atom. The summed E-state index contributed by atoms with van der Waals surface area (Å²) in [4.78, 5) is 2.52. The highest BCUT2D eigenvalue weighted by Crippen LogP contribution is 2.31. The van der Waals surface area contributed by atoms with Crippen LogP contribution in [0.4, 0.5) is 0 Å². The van der Waals surface area contributed by atoms with E-state index >= 15 is 0 Å². The van der Waals surface area contributed by atoms with Crippen LogP contribution < -0.4 is 5.32 Å². The minimum atomic E-state index is -0.355. The number of nitrogens with one attached hydrogen (secondary N) is 1. The topological polar surface area (TPSA) is 35.5 Å². The predicted molar refractivity (Wildman–Crippen MR) is 73.6 cm³/mol. The van der Waals surface area contributed by atoms with E-state index in [4.69, 9.17) is 0 Å². The number of aliphatic hydroxyl groups is 1. The summed E-state index contributed by atoms with van der Waals surface area (Å²) in [5.74, 6) is 0.810. The Morgan fingerprint density at radius 2 is 1.89 bits per heavy atom. The first-order valence-electron chi connectivity index (χ1n) is 7.92. The molecule has 1 unspecified atom stereocenters. The van der Waals surface area contributed by atoms with Crippen LogP contribution in [0.15, 0.2) is 0 Å². The lowest BCUT2D eigenvalue weighted by atomic mass is 9.95. The van der Waals surface area contributed by atoms with Crippen LogP contribution in [0.25, 0.3) is 0 Å². The Bertz CT molecular complexity index is 272. The van der Waals surface area contributed by atoms with E-state index in [0.29, 0.717) is 0 Å². The summed E-state index contributed by atoms with van der Waals surface area (Å²) in [6.45, 7) is 4.51. The van der Waals surface area contributed by atoms with Crippen LogP contribution in [0.1, 0.15) is 51.4 Å². The molecule has 2 saturated carbocycles. The zero-order chi connectivity index (χ0) is 12.4. The van der Waals surface area contributed by atoms with E-state index in [1.165, 1.54) is 58.2 Å². The van der Waals surface area contributed by atoms with Crippen molar-refractivity contribution in [3.05, 3.63) is 0 Å². The highest BCUT2D eigenvalue weighted by Gasteiger charge is 2.34. The summed E-state index contributed by atoms with van der Waals surface area (Å²) in [5, 5.41) is 14.2. The van der Waals surface area contributed by atoms with Gasteiger partial charge in [-0.3, -0.25) is 0 Å². The molecule has 0 radical (unpaired) electrons. The maximum absolute atomic E-state index is 10.5. The quantitative estimate of drug-likeness (QED) is 0.782. The van der Waals surface area contributed by atoms with Gasteiger partial charge in [-0.15, -0.1) is 0 Å². The van der Waals surface area contributed by atoms with Gasteiger partial charge in [0.2, 0.25) is 0 Å². The Hall–Kier alpha value is -0.120. The van der Waals surface area contributed by atoms with Gasteiger partial charge in [-0.2, -0.15) is 0 Å². The summed E-state index contributed by atoms with van der Waals surface area (Å²) in [6, 6.07) is 0.833. The lowest BCUT2D eigenvalue weighted by Gasteiger charge is -2.37. The van der Waals surface area contributed by atoms with Crippen LogP contribution in [0, 0.1) is 5.92 Å². The van der Waals surface area contributed by atoms with Gasteiger partial charge in [0.25, 0.3) is 0 Å². The number of hydrogen-bond acceptors (Lipinski definition) is 3. The van der Waals surface area contributed by atoms with Crippen molar-refractivity contribution in [1.82, 2.24) is 10.2 Å². The van der Waals surface area contributed by atoms with E-state index in [9.17, 15) is 5.11 Å². The average Bonchev–Trinajstić information content (AvgIpc) is 3.09. The second-order valence-electron chi connectivity index (χ2n) is 6.86. The molecule has 1 aliphatic heterocycles. The second kappa shape index (κ2) is 5.48. The van der Waals surface area contributed by atoms with Crippen molar-refractivity contribution in [3.63, 3.8) is 0 Å². The zero-order valence-electron chi connectivity index (χ0n) is 11.5. The van der Waals surface area contributed by atoms with Gasteiger partial charge < -0.3 is 15.3 Å². The lowest BCUT2D eigenvalue weighted by Crippen LogP contribution is -2.47. The van der Waals surface area contributed by atoms with E-state index in [-0.39, 0.29) is 5.60 Å². The van der Waals surface area contributed by atoms with Crippen molar-refractivity contribution >= 4 is 0 Å². The monoisotopic (exact) mass is 252 g/mol. The zero-order valence-corrected chi connectivity index (χ0v) is 11.5. The van der Waals surface area contributed by atoms with Crippen LogP contribution in [-0.2, 0) is 0 Å². The summed E-state index contributed by atoms with van der Waals surface area (Å²) in [7, 11) is 0. The molecule has 0 bridgehead atoms. The van der Waals surface area contributed by atoms with Gasteiger partial charge >= 0.3 is 0 Å². The van der Waals surface area contributed by atoms with E-state index < -0.39 is 0 Å². The molecule has 0 aromatic rings. The molecule has 18 heavy (non-hydrogen) atoms. The highest BCUT2D eigenvalue weighted by atomic mass is 16.3. The molecule has 0 aromatic heterocycles. The second-order valence-corrected chi connectivity index (χ2v) is 6.86. The maximum atomic E-state index is 10.5. The van der Waals surface area contributed by atoms with Crippen molar-refractivity contribution in [1.29, 1.82) is 0 Å². The molecule has 0 aromatic carbocycles. The van der Waals surface area contributed by atoms with Crippen molar-refractivity contribution < 1.29 is 5.11 Å². The Morgan fingerprint density at radius 1 is 1.11 bits per heavy atom. The maximum Gasteiger partial charge on any atom is 0.0774 e. The van der Waals surface area contributed by atoms with Gasteiger partial charge in [0.1, 0.15) is 0 Å². The molecule has 3 nitrogen and oxygen atoms in total. The molecule has 2 N–H and O–H groups in total. The standard InChI is InChI=1S/C15H28N2O/c18-15(7-1-2-8-15)12-17-9-3-4-13(11-17)10-16-14-5-6-14/h13-14,16,18H,1-12H2. The fraction of sp³-hybridized carbons (Fsp3) is 1.00. The van der Waals surface area contributed by atoms with Crippen LogP contribution in [0.3, 0.4) is 0 Å². The van der Waals surface area contributed by atoms with Crippen molar-refractivity contribution in [2.75, 3.05) is 26.2 Å². The summed E-state index contributed by atoms with van der Waals surface area (Å²) < 4.78 is 0. The van der Waals surface area contributed by atoms with E-state index in [0.717, 1.165) is 31.3 Å². The normalized spacial score (nSPS) is 32.8. The van der Waals surface area contributed by atoms with Gasteiger partial charge in [-0.05, 0) is 57.5 Å². The van der Waals surface area contributed by atoms with E-state index in [1.54, 1.807) is 0 Å². The van der Waals surface area contributed by atoms with Crippen LogP contribution >= 0.6 is 0 Å². The van der Waals surface area contributed by atoms with Gasteiger partial charge in [0.15, 0.2) is 0 Å². The molecule has 0 amide bonds. The average molecular weight is 252 g/mol. The number of rotatable bonds is 5. The summed E-state index contributed by atoms with van der Waals surface area (Å²) >= 11 is 0. The molecule has 1 saturated heterocycles. The first-order valence-corrected chi connectivity index (χ1v) is 7.92. The van der Waals surface area contributed by atoms with Crippen molar-refractivity contribution in [2.24, 2.45) is 5.92 Å². The minimum Gasteiger partial charge on any atom is -0.389 e. The van der Waals surface area contributed by atoms with Gasteiger partial charge in [0, 0.05) is 19.1 Å². The molecule has 2 aliphatic carbocycles. The fourth-order valence-electron chi connectivity index (χ4n) is 3.69.